The average Bonchev–Trinajstić information content (AvgIpc) is 2.76. The van der Waals surface area contributed by atoms with Crippen molar-refractivity contribution < 1.29 is 9.52 Å². The van der Waals surface area contributed by atoms with Crippen LogP contribution in [0.25, 0.3) is 44.5 Å². The van der Waals surface area contributed by atoms with Gasteiger partial charge in [-0.05, 0) is 18.2 Å². The number of hydrogen-bond acceptors (Lipinski definition) is 4. The lowest BCUT2D eigenvalue weighted by Crippen LogP contribution is -2.04. The Balaban J connectivity index is 1.79. The number of rotatable bonds is 2. The van der Waals surface area contributed by atoms with E-state index in [4.69, 9.17) is 4.42 Å². The molecule has 134 valence electrons. The lowest BCUT2D eigenvalue weighted by atomic mass is 10.0. The van der Waals surface area contributed by atoms with Crippen LogP contribution in [0.3, 0.4) is 0 Å². The Hall–Kier alpha value is -3.92. The van der Waals surface area contributed by atoms with Gasteiger partial charge in [-0.1, -0.05) is 66.7 Å². The van der Waals surface area contributed by atoms with Crippen molar-refractivity contribution in [2.45, 2.75) is 0 Å². The number of hydrogen-bond donors (Lipinski definition) is 1. The Morgan fingerprint density at radius 2 is 1.57 bits per heavy atom. The number of nitrogens with zero attached hydrogens (tertiary/aromatic N) is 1. The summed E-state index contributed by atoms with van der Waals surface area (Å²) in [5.74, 6) is -0.228. The van der Waals surface area contributed by atoms with Crippen LogP contribution in [0.2, 0.25) is 0 Å². The molecule has 2 heterocycles. The highest BCUT2D eigenvalue weighted by Crippen LogP contribution is 2.33. The van der Waals surface area contributed by atoms with E-state index in [1.807, 2.05) is 66.7 Å². The fraction of sp³-hybridized carbons (Fsp3) is 0. The molecule has 28 heavy (non-hydrogen) atoms. The number of aromatic hydroxyl groups is 1. The van der Waals surface area contributed by atoms with Crippen molar-refractivity contribution in [1.82, 2.24) is 4.98 Å². The molecule has 3 aromatic carbocycles. The van der Waals surface area contributed by atoms with Crippen molar-refractivity contribution in [3.05, 3.63) is 95.2 Å². The van der Waals surface area contributed by atoms with Crippen molar-refractivity contribution in [2.24, 2.45) is 0 Å². The van der Waals surface area contributed by atoms with Gasteiger partial charge < -0.3 is 9.52 Å². The summed E-state index contributed by atoms with van der Waals surface area (Å²) in [5.41, 5.74) is 2.72. The molecule has 1 N–H and O–H groups in total. The molecule has 4 heteroatoms. The second-order valence-electron chi connectivity index (χ2n) is 6.54. The highest BCUT2D eigenvalue weighted by molar-refractivity contribution is 5.95. The SMILES string of the molecule is O=c1c(O)c(-c2ccccc2)oc2cccc(-c3ccc4ccccc4n3)c12. The summed E-state index contributed by atoms with van der Waals surface area (Å²) in [4.78, 5) is 17.7. The predicted octanol–water partition coefficient (Wildman–Crippen LogP) is 5.38. The summed E-state index contributed by atoms with van der Waals surface area (Å²) in [6.07, 6.45) is 0. The first-order valence-electron chi connectivity index (χ1n) is 8.93. The topological polar surface area (TPSA) is 63.3 Å². The van der Waals surface area contributed by atoms with Crippen LogP contribution >= 0.6 is 0 Å². The molecule has 5 rings (SSSR count). The van der Waals surface area contributed by atoms with E-state index in [-0.39, 0.29) is 5.76 Å². The van der Waals surface area contributed by atoms with Crippen LogP contribution in [-0.2, 0) is 0 Å². The van der Waals surface area contributed by atoms with Gasteiger partial charge in [0.2, 0.25) is 11.2 Å². The third-order valence-corrected chi connectivity index (χ3v) is 4.81. The predicted molar refractivity (Wildman–Crippen MR) is 110 cm³/mol. The summed E-state index contributed by atoms with van der Waals surface area (Å²) >= 11 is 0. The number of pyridine rings is 1. The third kappa shape index (κ3) is 2.55. The molecule has 0 amide bonds. The molecule has 0 bridgehead atoms. The maximum Gasteiger partial charge on any atom is 0.235 e. The standard InChI is InChI=1S/C24H15NO3/c26-22-21-17(19-14-13-15-7-4-5-11-18(15)25-19)10-6-12-20(21)28-24(23(22)27)16-8-2-1-3-9-16/h1-14,27H. The molecule has 0 atom stereocenters. The third-order valence-electron chi connectivity index (χ3n) is 4.81. The lowest BCUT2D eigenvalue weighted by molar-refractivity contribution is 0.449. The van der Waals surface area contributed by atoms with E-state index in [0.717, 1.165) is 10.9 Å². The molecule has 4 nitrogen and oxygen atoms in total. The van der Waals surface area contributed by atoms with E-state index in [9.17, 15) is 9.90 Å². The van der Waals surface area contributed by atoms with Crippen LogP contribution in [-0.4, -0.2) is 10.1 Å². The van der Waals surface area contributed by atoms with E-state index >= 15 is 0 Å². The van der Waals surface area contributed by atoms with Gasteiger partial charge in [-0.15, -0.1) is 0 Å². The van der Waals surface area contributed by atoms with E-state index in [2.05, 4.69) is 4.98 Å². The number of para-hydroxylation sites is 1. The molecule has 0 fully saturated rings. The van der Waals surface area contributed by atoms with Crippen LogP contribution in [0.5, 0.6) is 5.75 Å². The first-order chi connectivity index (χ1) is 13.7. The molecule has 0 saturated heterocycles. The zero-order chi connectivity index (χ0) is 19.1. The zero-order valence-electron chi connectivity index (χ0n) is 14.8. The Kier molecular flexibility index (Phi) is 3.69. The average molecular weight is 365 g/mol. The molecule has 5 aromatic rings. The molecule has 2 aromatic heterocycles. The highest BCUT2D eigenvalue weighted by atomic mass is 16.4. The minimum atomic E-state index is -0.467. The molecule has 0 aliphatic rings. The molecular formula is C24H15NO3. The first-order valence-corrected chi connectivity index (χ1v) is 8.93. The van der Waals surface area contributed by atoms with Gasteiger partial charge in [0.05, 0.1) is 16.6 Å². The van der Waals surface area contributed by atoms with Crippen LogP contribution in [0.15, 0.2) is 94.1 Å². The molecular weight excluding hydrogens is 350 g/mol. The second-order valence-corrected chi connectivity index (χ2v) is 6.54. The van der Waals surface area contributed by atoms with Gasteiger partial charge in [-0.25, -0.2) is 4.98 Å². The van der Waals surface area contributed by atoms with E-state index < -0.39 is 11.2 Å². The lowest BCUT2D eigenvalue weighted by Gasteiger charge is -2.09. The van der Waals surface area contributed by atoms with E-state index in [0.29, 0.717) is 27.8 Å². The minimum Gasteiger partial charge on any atom is -0.502 e. The molecule has 0 aliphatic heterocycles. The molecule has 0 aliphatic carbocycles. The van der Waals surface area contributed by atoms with E-state index in [1.165, 1.54) is 0 Å². The second kappa shape index (κ2) is 6.35. The highest BCUT2D eigenvalue weighted by Gasteiger charge is 2.18. The molecule has 0 radical (unpaired) electrons. The van der Waals surface area contributed by atoms with Gasteiger partial charge in [-0.2, -0.15) is 0 Å². The smallest absolute Gasteiger partial charge is 0.235 e. The van der Waals surface area contributed by atoms with Crippen molar-refractivity contribution in [3.63, 3.8) is 0 Å². The zero-order valence-corrected chi connectivity index (χ0v) is 14.8. The Morgan fingerprint density at radius 3 is 2.43 bits per heavy atom. The van der Waals surface area contributed by atoms with E-state index in [1.54, 1.807) is 18.2 Å². The molecule has 0 saturated carbocycles. The summed E-state index contributed by atoms with van der Waals surface area (Å²) < 4.78 is 5.93. The molecule has 0 unspecified atom stereocenters. The van der Waals surface area contributed by atoms with Crippen LogP contribution in [0.4, 0.5) is 0 Å². The van der Waals surface area contributed by atoms with Crippen molar-refractivity contribution in [1.29, 1.82) is 0 Å². The Bertz CT molecular complexity index is 1390. The Labute approximate surface area is 160 Å². The summed E-state index contributed by atoms with van der Waals surface area (Å²) in [5, 5.41) is 11.9. The first kappa shape index (κ1) is 16.3. The summed E-state index contributed by atoms with van der Waals surface area (Å²) in [6, 6.07) is 26.1. The van der Waals surface area contributed by atoms with Gasteiger partial charge in [-0.3, -0.25) is 4.79 Å². The van der Waals surface area contributed by atoms with Gasteiger partial charge in [0, 0.05) is 16.5 Å². The van der Waals surface area contributed by atoms with Gasteiger partial charge in [0.25, 0.3) is 0 Å². The van der Waals surface area contributed by atoms with Crippen molar-refractivity contribution in [3.8, 4) is 28.3 Å². The van der Waals surface area contributed by atoms with Crippen LogP contribution in [0.1, 0.15) is 0 Å². The number of aromatic nitrogens is 1. The fourth-order valence-corrected chi connectivity index (χ4v) is 3.44. The normalized spacial score (nSPS) is 11.1. The largest absolute Gasteiger partial charge is 0.502 e. The van der Waals surface area contributed by atoms with Crippen molar-refractivity contribution >= 4 is 21.9 Å². The molecule has 0 spiro atoms. The number of fused-ring (bicyclic) bond motifs is 2. The van der Waals surface area contributed by atoms with Gasteiger partial charge >= 0.3 is 0 Å². The van der Waals surface area contributed by atoms with Gasteiger partial charge in [0.15, 0.2) is 5.76 Å². The van der Waals surface area contributed by atoms with Crippen LogP contribution < -0.4 is 5.43 Å². The monoisotopic (exact) mass is 365 g/mol. The van der Waals surface area contributed by atoms with Crippen molar-refractivity contribution in [2.75, 3.05) is 0 Å². The minimum absolute atomic E-state index is 0.168. The summed E-state index contributed by atoms with van der Waals surface area (Å²) in [7, 11) is 0. The van der Waals surface area contributed by atoms with Gasteiger partial charge in [0.1, 0.15) is 5.58 Å². The maximum atomic E-state index is 13.0. The fourth-order valence-electron chi connectivity index (χ4n) is 3.44. The number of benzene rings is 3. The Morgan fingerprint density at radius 1 is 0.786 bits per heavy atom. The summed E-state index contributed by atoms with van der Waals surface area (Å²) in [6.45, 7) is 0. The van der Waals surface area contributed by atoms with Crippen LogP contribution in [0, 0.1) is 0 Å². The maximum absolute atomic E-state index is 13.0. The quantitative estimate of drug-likeness (QED) is 0.456.